The average molecular weight is 565 g/mol. The van der Waals surface area contributed by atoms with Crippen LogP contribution in [0, 0.1) is 0 Å². The number of likely N-dealkylation sites (N-methyl/N-ethyl adjacent to an activating group) is 1. The van der Waals surface area contributed by atoms with Crippen LogP contribution in [0.4, 0.5) is 0 Å². The molecule has 1 aromatic heterocycles. The molecule has 0 radical (unpaired) electrons. The van der Waals surface area contributed by atoms with Crippen LogP contribution in [0.5, 0.6) is 5.88 Å². The van der Waals surface area contributed by atoms with Crippen molar-refractivity contribution in [1.82, 2.24) is 8.75 Å². The third-order valence-electron chi connectivity index (χ3n) is 8.11. The van der Waals surface area contributed by atoms with Gasteiger partial charge in [0.25, 0.3) is 5.88 Å². The van der Waals surface area contributed by atoms with E-state index in [1.807, 2.05) is 0 Å². The Balaban J connectivity index is 1.69. The second-order valence-corrected chi connectivity index (χ2v) is 12.2. The molecule has 0 aromatic carbocycles. The number of aromatic nitrogens is 2. The van der Waals surface area contributed by atoms with Gasteiger partial charge in [-0.1, -0.05) is 117 Å². The molecule has 39 heavy (non-hydrogen) atoms. The maximum absolute atomic E-state index is 12.7. The number of hydrogen-bond donors (Lipinski definition) is 0. The molecule has 1 aliphatic heterocycles. The Labute approximate surface area is 243 Å². The van der Waals surface area contributed by atoms with E-state index < -0.39 is 0 Å². The van der Waals surface area contributed by atoms with Gasteiger partial charge in [-0.25, -0.2) is 0 Å². The first-order valence-corrected chi connectivity index (χ1v) is 17.0. The molecule has 2 heterocycles. The van der Waals surface area contributed by atoms with Crippen molar-refractivity contribution in [2.24, 2.45) is 0 Å². The van der Waals surface area contributed by atoms with Crippen LogP contribution in [0.25, 0.3) is 5.57 Å². The number of carbonyl (C=O) groups is 1. The standard InChI is InChI=1S/C32H58N3O3S/c1-5-8-10-12-13-14-15-16-17-18-19-20-24-30(36)38-29(7-3)35(4)25-22-23-28(27-35)31-32(34-39-33-31)37-26-21-11-9-6-2/h23,29H,5-22,24-27H2,1-4H3/q+1. The Kier molecular flexibility index (Phi) is 17.7. The molecule has 0 N–H and O–H groups in total. The van der Waals surface area contributed by atoms with E-state index in [0.717, 1.165) is 56.5 Å². The quantitative estimate of drug-likeness (QED) is 0.0753. The summed E-state index contributed by atoms with van der Waals surface area (Å²) in [5.41, 5.74) is 2.04. The second kappa shape index (κ2) is 20.4. The number of ether oxygens (including phenoxy) is 2. The molecule has 0 saturated heterocycles. The van der Waals surface area contributed by atoms with E-state index in [1.54, 1.807) is 0 Å². The van der Waals surface area contributed by atoms with E-state index >= 15 is 0 Å². The van der Waals surface area contributed by atoms with Crippen molar-refractivity contribution in [1.29, 1.82) is 0 Å². The maximum atomic E-state index is 12.7. The van der Waals surface area contributed by atoms with Crippen molar-refractivity contribution in [2.75, 3.05) is 26.7 Å². The minimum Gasteiger partial charge on any atom is -0.475 e. The zero-order valence-corrected chi connectivity index (χ0v) is 26.5. The molecular weight excluding hydrogens is 506 g/mol. The molecule has 2 atom stereocenters. The van der Waals surface area contributed by atoms with E-state index in [4.69, 9.17) is 9.47 Å². The van der Waals surface area contributed by atoms with Crippen molar-refractivity contribution in [3.05, 3.63) is 11.8 Å². The summed E-state index contributed by atoms with van der Waals surface area (Å²) >= 11 is 1.22. The predicted octanol–water partition coefficient (Wildman–Crippen LogP) is 9.10. The Hall–Kier alpha value is -1.47. The molecule has 1 aliphatic rings. The van der Waals surface area contributed by atoms with Crippen molar-refractivity contribution in [3.63, 3.8) is 0 Å². The summed E-state index contributed by atoms with van der Waals surface area (Å²) in [7, 11) is 2.21. The van der Waals surface area contributed by atoms with Gasteiger partial charge in [-0.15, -0.1) is 4.37 Å². The molecule has 0 fully saturated rings. The molecule has 0 spiro atoms. The largest absolute Gasteiger partial charge is 0.475 e. The maximum Gasteiger partial charge on any atom is 0.310 e. The van der Waals surface area contributed by atoms with Gasteiger partial charge in [-0.3, -0.25) is 9.28 Å². The lowest BCUT2D eigenvalue weighted by atomic mass is 10.0. The van der Waals surface area contributed by atoms with Crippen LogP contribution >= 0.6 is 11.7 Å². The van der Waals surface area contributed by atoms with E-state index in [0.29, 0.717) is 23.4 Å². The topological polar surface area (TPSA) is 61.3 Å². The summed E-state index contributed by atoms with van der Waals surface area (Å²) in [6.07, 6.45) is 24.7. The summed E-state index contributed by atoms with van der Waals surface area (Å²) < 4.78 is 21.8. The van der Waals surface area contributed by atoms with E-state index in [9.17, 15) is 4.79 Å². The van der Waals surface area contributed by atoms with Gasteiger partial charge in [0.2, 0.25) is 6.23 Å². The van der Waals surface area contributed by atoms with Gasteiger partial charge in [0, 0.05) is 24.8 Å². The van der Waals surface area contributed by atoms with Crippen LogP contribution in [0.1, 0.15) is 148 Å². The smallest absolute Gasteiger partial charge is 0.310 e. The first-order valence-electron chi connectivity index (χ1n) is 16.2. The minimum absolute atomic E-state index is 0.0455. The fourth-order valence-electron chi connectivity index (χ4n) is 5.63. The number of rotatable bonds is 23. The summed E-state index contributed by atoms with van der Waals surface area (Å²) in [6, 6.07) is 0. The average Bonchev–Trinajstić information content (AvgIpc) is 3.41. The van der Waals surface area contributed by atoms with Crippen LogP contribution in [-0.2, 0) is 9.53 Å². The predicted molar refractivity (Wildman–Crippen MR) is 164 cm³/mol. The number of quaternary nitrogens is 1. The summed E-state index contributed by atoms with van der Waals surface area (Å²) in [6.45, 7) is 9.04. The lowest BCUT2D eigenvalue weighted by molar-refractivity contribution is -0.947. The third kappa shape index (κ3) is 13.2. The molecule has 224 valence electrons. The Morgan fingerprint density at radius 2 is 1.46 bits per heavy atom. The molecule has 7 heteroatoms. The van der Waals surface area contributed by atoms with Crippen LogP contribution in [0.15, 0.2) is 6.08 Å². The highest BCUT2D eigenvalue weighted by atomic mass is 32.1. The van der Waals surface area contributed by atoms with Crippen LogP contribution in [0.2, 0.25) is 0 Å². The first kappa shape index (κ1) is 33.7. The monoisotopic (exact) mass is 564 g/mol. The number of carbonyl (C=O) groups excluding carboxylic acids is 1. The van der Waals surface area contributed by atoms with Crippen LogP contribution in [0.3, 0.4) is 0 Å². The normalized spacial score (nSPS) is 18.1. The van der Waals surface area contributed by atoms with Crippen molar-refractivity contribution < 1.29 is 18.8 Å². The molecule has 0 saturated carbocycles. The van der Waals surface area contributed by atoms with Crippen LogP contribution < -0.4 is 4.74 Å². The van der Waals surface area contributed by atoms with E-state index in [2.05, 4.69) is 42.6 Å². The first-order chi connectivity index (χ1) is 19.0. The van der Waals surface area contributed by atoms with Gasteiger partial charge in [0.1, 0.15) is 12.2 Å². The lowest BCUT2D eigenvalue weighted by Gasteiger charge is -2.42. The van der Waals surface area contributed by atoms with Crippen molar-refractivity contribution in [3.8, 4) is 5.88 Å². The fraction of sp³-hybridized carbons (Fsp3) is 0.844. The summed E-state index contributed by atoms with van der Waals surface area (Å²) in [5, 5.41) is 0. The summed E-state index contributed by atoms with van der Waals surface area (Å²) in [5.74, 6) is 0.615. The van der Waals surface area contributed by atoms with Gasteiger partial charge < -0.3 is 9.47 Å². The van der Waals surface area contributed by atoms with Gasteiger partial charge in [0.15, 0.2) is 0 Å². The molecule has 0 bridgehead atoms. The number of nitrogens with zero attached hydrogens (tertiary/aromatic N) is 3. The van der Waals surface area contributed by atoms with Crippen molar-refractivity contribution >= 4 is 23.3 Å². The molecule has 2 rings (SSSR count). The van der Waals surface area contributed by atoms with Gasteiger partial charge in [-0.05, 0) is 12.8 Å². The third-order valence-corrected chi connectivity index (χ3v) is 8.62. The van der Waals surface area contributed by atoms with Gasteiger partial charge >= 0.3 is 5.97 Å². The Morgan fingerprint density at radius 1 is 0.872 bits per heavy atom. The number of esters is 1. The number of hydrogen-bond acceptors (Lipinski definition) is 6. The lowest BCUT2D eigenvalue weighted by Crippen LogP contribution is -2.56. The molecule has 1 aromatic rings. The SMILES string of the molecule is CCCCCCCCCCCCCCC(=O)OC(CC)[N+]1(C)CCC=C(c2nsnc2OCCCCCC)C1. The molecule has 0 aliphatic carbocycles. The highest BCUT2D eigenvalue weighted by Crippen LogP contribution is 2.32. The highest BCUT2D eigenvalue weighted by molar-refractivity contribution is 6.99. The van der Waals surface area contributed by atoms with Crippen LogP contribution in [-0.4, -0.2) is 52.2 Å². The fourth-order valence-corrected chi connectivity index (χ4v) is 6.16. The van der Waals surface area contributed by atoms with E-state index in [-0.39, 0.29) is 12.2 Å². The Morgan fingerprint density at radius 3 is 2.08 bits per heavy atom. The zero-order valence-electron chi connectivity index (χ0n) is 25.7. The summed E-state index contributed by atoms with van der Waals surface area (Å²) in [4.78, 5) is 12.7. The second-order valence-electron chi connectivity index (χ2n) is 11.7. The molecule has 0 amide bonds. The molecule has 6 nitrogen and oxygen atoms in total. The minimum atomic E-state index is -0.136. The zero-order chi connectivity index (χ0) is 28.2. The molecule has 2 unspecified atom stereocenters. The Bertz CT molecular complexity index is 812. The van der Waals surface area contributed by atoms with E-state index in [1.165, 1.54) is 95.2 Å². The number of unbranched alkanes of at least 4 members (excludes halogenated alkanes) is 14. The van der Waals surface area contributed by atoms with Gasteiger partial charge in [0.05, 0.1) is 31.9 Å². The highest BCUT2D eigenvalue weighted by Gasteiger charge is 2.38. The van der Waals surface area contributed by atoms with Crippen molar-refractivity contribution in [2.45, 2.75) is 149 Å². The van der Waals surface area contributed by atoms with Gasteiger partial charge in [-0.2, -0.15) is 4.37 Å². The molecular formula is C32H58N3O3S+.